The Morgan fingerprint density at radius 3 is 2.62 bits per heavy atom. The molecule has 4 heteroatoms. The van der Waals surface area contributed by atoms with Crippen LogP contribution in [0, 0.1) is 17.2 Å². The van der Waals surface area contributed by atoms with Crippen LogP contribution in [-0.2, 0) is 0 Å². The number of rotatable bonds is 5. The molecule has 0 saturated heterocycles. The largest absolute Gasteiger partial charge is 0.507 e. The zero-order valence-electron chi connectivity index (χ0n) is 12.8. The average Bonchev–Trinajstić information content (AvgIpc) is 2.84. The Balaban J connectivity index is 2.02. The minimum Gasteiger partial charge on any atom is -0.507 e. The van der Waals surface area contributed by atoms with E-state index >= 15 is 0 Å². The van der Waals surface area contributed by atoms with E-state index in [1.54, 1.807) is 0 Å². The first-order valence-electron chi connectivity index (χ1n) is 7.69. The third-order valence-electron chi connectivity index (χ3n) is 4.33. The topological polar surface area (TPSA) is 49.3 Å². The highest BCUT2D eigenvalue weighted by Gasteiger charge is 2.34. The lowest BCUT2D eigenvalue weighted by atomic mass is 9.78. The number of benzene rings is 1. The predicted octanol–water partition coefficient (Wildman–Crippen LogP) is 3.87. The lowest BCUT2D eigenvalue weighted by Crippen LogP contribution is -2.36. The molecule has 0 atom stereocenters. The van der Waals surface area contributed by atoms with Gasteiger partial charge in [0.15, 0.2) is 0 Å². The summed E-state index contributed by atoms with van der Waals surface area (Å²) in [6, 6.07) is 3.48. The van der Waals surface area contributed by atoms with Gasteiger partial charge in [0.05, 0.1) is 5.56 Å². The van der Waals surface area contributed by atoms with Gasteiger partial charge in [-0.25, -0.2) is 4.39 Å². The van der Waals surface area contributed by atoms with Crippen molar-refractivity contribution in [1.29, 1.82) is 0 Å². The number of carbonyl (C=O) groups is 1. The molecule has 2 N–H and O–H groups in total. The highest BCUT2D eigenvalue weighted by molar-refractivity contribution is 5.96. The van der Waals surface area contributed by atoms with Crippen LogP contribution in [0.2, 0.25) is 0 Å². The summed E-state index contributed by atoms with van der Waals surface area (Å²) >= 11 is 0. The molecule has 0 aliphatic heterocycles. The molecule has 21 heavy (non-hydrogen) atoms. The highest BCUT2D eigenvalue weighted by Crippen LogP contribution is 2.42. The fraction of sp³-hybridized carbons (Fsp3) is 0.588. The van der Waals surface area contributed by atoms with Gasteiger partial charge in [-0.3, -0.25) is 4.79 Å². The van der Waals surface area contributed by atoms with E-state index in [1.807, 2.05) is 0 Å². The molecule has 0 radical (unpaired) electrons. The Kier molecular flexibility index (Phi) is 4.86. The van der Waals surface area contributed by atoms with Crippen LogP contribution in [0.5, 0.6) is 5.75 Å². The molecule has 0 unspecified atom stereocenters. The van der Waals surface area contributed by atoms with Crippen LogP contribution < -0.4 is 5.32 Å². The summed E-state index contributed by atoms with van der Waals surface area (Å²) in [6.07, 6.45) is 5.80. The zero-order valence-corrected chi connectivity index (χ0v) is 12.8. The number of nitrogens with one attached hydrogen (secondary N) is 1. The predicted molar refractivity (Wildman–Crippen MR) is 80.8 cm³/mol. The Morgan fingerprint density at radius 1 is 1.38 bits per heavy atom. The van der Waals surface area contributed by atoms with E-state index in [1.165, 1.54) is 25.0 Å². The van der Waals surface area contributed by atoms with E-state index in [2.05, 4.69) is 19.2 Å². The maximum atomic E-state index is 13.0. The quantitative estimate of drug-likeness (QED) is 0.866. The molecule has 1 amide bonds. The molecule has 0 spiro atoms. The van der Waals surface area contributed by atoms with Crippen LogP contribution in [0.1, 0.15) is 56.3 Å². The number of amides is 1. The molecule has 1 aromatic rings. The number of aromatic hydroxyl groups is 1. The SMILES string of the molecule is CC(C)CC1(CNC(=O)c2ccc(F)cc2O)CCCC1. The van der Waals surface area contributed by atoms with Gasteiger partial charge in [0, 0.05) is 12.6 Å². The zero-order chi connectivity index (χ0) is 15.5. The van der Waals surface area contributed by atoms with E-state index in [9.17, 15) is 14.3 Å². The van der Waals surface area contributed by atoms with Gasteiger partial charge in [0.1, 0.15) is 11.6 Å². The molecule has 1 saturated carbocycles. The number of phenolic OH excluding ortho intramolecular Hbond substituents is 1. The standard InChI is InChI=1S/C17H24FNO2/c1-12(2)10-17(7-3-4-8-17)11-19-16(21)14-6-5-13(18)9-15(14)20/h5-6,9,12,20H,3-4,7-8,10-11H2,1-2H3,(H,19,21). The molecule has 0 aromatic heterocycles. The van der Waals surface area contributed by atoms with Crippen LogP contribution in [0.15, 0.2) is 18.2 Å². The normalized spacial score (nSPS) is 17.1. The Morgan fingerprint density at radius 2 is 2.05 bits per heavy atom. The molecular weight excluding hydrogens is 269 g/mol. The van der Waals surface area contributed by atoms with Crippen molar-refractivity contribution >= 4 is 5.91 Å². The fourth-order valence-electron chi connectivity index (χ4n) is 3.50. The van der Waals surface area contributed by atoms with E-state index in [0.717, 1.165) is 25.3 Å². The number of halogens is 1. The van der Waals surface area contributed by atoms with Crippen molar-refractivity contribution < 1.29 is 14.3 Å². The third kappa shape index (κ3) is 3.96. The van der Waals surface area contributed by atoms with Gasteiger partial charge >= 0.3 is 0 Å². The van der Waals surface area contributed by atoms with Gasteiger partial charge in [-0.2, -0.15) is 0 Å². The lowest BCUT2D eigenvalue weighted by molar-refractivity contribution is 0.0919. The Bertz CT molecular complexity index is 508. The summed E-state index contributed by atoms with van der Waals surface area (Å²) in [5, 5.41) is 12.6. The fourth-order valence-corrected chi connectivity index (χ4v) is 3.50. The average molecular weight is 293 g/mol. The minimum absolute atomic E-state index is 0.133. The Hall–Kier alpha value is -1.58. The summed E-state index contributed by atoms with van der Waals surface area (Å²) in [5.41, 5.74) is 0.313. The summed E-state index contributed by atoms with van der Waals surface area (Å²) in [7, 11) is 0. The van der Waals surface area contributed by atoms with Crippen LogP contribution in [0.25, 0.3) is 0 Å². The molecule has 1 aliphatic carbocycles. The van der Waals surface area contributed by atoms with Crippen LogP contribution in [0.3, 0.4) is 0 Å². The lowest BCUT2D eigenvalue weighted by Gasteiger charge is -2.31. The summed E-state index contributed by atoms with van der Waals surface area (Å²) in [6.45, 7) is 5.03. The minimum atomic E-state index is -0.545. The van der Waals surface area contributed by atoms with Crippen molar-refractivity contribution in [3.63, 3.8) is 0 Å². The van der Waals surface area contributed by atoms with E-state index in [-0.39, 0.29) is 22.6 Å². The molecule has 1 aromatic carbocycles. The summed E-state index contributed by atoms with van der Waals surface area (Å²) in [4.78, 5) is 12.2. The molecule has 0 heterocycles. The van der Waals surface area contributed by atoms with Gasteiger partial charge in [-0.15, -0.1) is 0 Å². The number of hydrogen-bond donors (Lipinski definition) is 2. The molecule has 1 aliphatic rings. The molecule has 116 valence electrons. The second-order valence-corrected chi connectivity index (χ2v) is 6.65. The molecule has 1 fully saturated rings. The van der Waals surface area contributed by atoms with Crippen molar-refractivity contribution in [1.82, 2.24) is 5.32 Å². The highest BCUT2D eigenvalue weighted by atomic mass is 19.1. The van der Waals surface area contributed by atoms with Crippen molar-refractivity contribution in [3.05, 3.63) is 29.6 Å². The first kappa shape index (κ1) is 15.8. The van der Waals surface area contributed by atoms with Crippen molar-refractivity contribution in [2.45, 2.75) is 46.0 Å². The van der Waals surface area contributed by atoms with E-state index in [0.29, 0.717) is 12.5 Å². The van der Waals surface area contributed by atoms with Gasteiger partial charge in [0.25, 0.3) is 5.91 Å². The first-order chi connectivity index (χ1) is 9.92. The smallest absolute Gasteiger partial charge is 0.255 e. The maximum absolute atomic E-state index is 13.0. The van der Waals surface area contributed by atoms with Crippen LogP contribution >= 0.6 is 0 Å². The third-order valence-corrected chi connectivity index (χ3v) is 4.33. The monoisotopic (exact) mass is 293 g/mol. The first-order valence-corrected chi connectivity index (χ1v) is 7.69. The van der Waals surface area contributed by atoms with Gasteiger partial charge in [-0.05, 0) is 42.7 Å². The second kappa shape index (κ2) is 6.46. The van der Waals surface area contributed by atoms with Crippen LogP contribution in [-0.4, -0.2) is 17.6 Å². The summed E-state index contributed by atoms with van der Waals surface area (Å²) < 4.78 is 13.0. The van der Waals surface area contributed by atoms with Crippen molar-refractivity contribution in [2.75, 3.05) is 6.54 Å². The van der Waals surface area contributed by atoms with Crippen molar-refractivity contribution in [2.24, 2.45) is 11.3 Å². The molecular formula is C17H24FNO2. The van der Waals surface area contributed by atoms with Gasteiger partial charge in [0.2, 0.25) is 0 Å². The van der Waals surface area contributed by atoms with E-state index in [4.69, 9.17) is 0 Å². The second-order valence-electron chi connectivity index (χ2n) is 6.65. The molecule has 3 nitrogen and oxygen atoms in total. The Labute approximate surface area is 125 Å². The summed E-state index contributed by atoms with van der Waals surface area (Å²) in [5.74, 6) is -0.588. The van der Waals surface area contributed by atoms with Crippen LogP contribution in [0.4, 0.5) is 4.39 Å². The molecule has 0 bridgehead atoms. The maximum Gasteiger partial charge on any atom is 0.255 e. The van der Waals surface area contributed by atoms with E-state index < -0.39 is 5.82 Å². The van der Waals surface area contributed by atoms with Gasteiger partial charge < -0.3 is 10.4 Å². The number of hydrogen-bond acceptors (Lipinski definition) is 2. The number of phenols is 1. The number of carbonyl (C=O) groups excluding carboxylic acids is 1. The van der Waals surface area contributed by atoms with Crippen molar-refractivity contribution in [3.8, 4) is 5.75 Å². The molecule has 2 rings (SSSR count). The van der Waals surface area contributed by atoms with Gasteiger partial charge in [-0.1, -0.05) is 26.7 Å².